The van der Waals surface area contributed by atoms with Crippen molar-refractivity contribution in [2.75, 3.05) is 24.6 Å². The summed E-state index contributed by atoms with van der Waals surface area (Å²) < 4.78 is 22.5. The van der Waals surface area contributed by atoms with Gasteiger partial charge in [0.15, 0.2) is 0 Å². The van der Waals surface area contributed by atoms with Gasteiger partial charge in [0.1, 0.15) is 9.84 Å². The van der Waals surface area contributed by atoms with Gasteiger partial charge in [0.2, 0.25) is 0 Å². The van der Waals surface area contributed by atoms with E-state index in [0.29, 0.717) is 17.6 Å². The molecule has 1 aliphatic heterocycles. The molecule has 0 aromatic rings. The lowest BCUT2D eigenvalue weighted by atomic mass is 10.0. The van der Waals surface area contributed by atoms with Crippen LogP contribution in [0.15, 0.2) is 0 Å². The zero-order chi connectivity index (χ0) is 9.19. The summed E-state index contributed by atoms with van der Waals surface area (Å²) in [6.07, 6.45) is 0. The lowest BCUT2D eigenvalue weighted by Crippen LogP contribution is -2.22. The van der Waals surface area contributed by atoms with Gasteiger partial charge in [0.25, 0.3) is 0 Å². The van der Waals surface area contributed by atoms with E-state index in [1.165, 1.54) is 0 Å². The van der Waals surface area contributed by atoms with Crippen LogP contribution in [0.3, 0.4) is 0 Å². The fraction of sp³-hybridized carbons (Fsp3) is 1.00. The third-order valence-electron chi connectivity index (χ3n) is 2.59. The number of nitrogens with one attached hydrogen (secondary N) is 1. The van der Waals surface area contributed by atoms with E-state index in [1.54, 1.807) is 6.92 Å². The van der Waals surface area contributed by atoms with Crippen LogP contribution in [-0.2, 0) is 9.84 Å². The highest BCUT2D eigenvalue weighted by atomic mass is 35.5. The highest BCUT2D eigenvalue weighted by molar-refractivity contribution is 7.91. The van der Waals surface area contributed by atoms with Crippen LogP contribution in [0.4, 0.5) is 0 Å². The van der Waals surface area contributed by atoms with Crippen molar-refractivity contribution in [2.45, 2.75) is 13.8 Å². The Morgan fingerprint density at radius 2 is 2.00 bits per heavy atom. The van der Waals surface area contributed by atoms with Crippen molar-refractivity contribution in [1.82, 2.24) is 5.32 Å². The Balaban J connectivity index is 0.00000144. The van der Waals surface area contributed by atoms with E-state index in [-0.39, 0.29) is 18.2 Å². The predicted molar refractivity (Wildman–Crippen MR) is 57.1 cm³/mol. The molecule has 0 radical (unpaired) electrons. The van der Waals surface area contributed by atoms with Crippen molar-refractivity contribution in [3.63, 3.8) is 0 Å². The second-order valence-electron chi connectivity index (χ2n) is 3.59. The van der Waals surface area contributed by atoms with Crippen molar-refractivity contribution < 1.29 is 8.42 Å². The van der Waals surface area contributed by atoms with Gasteiger partial charge < -0.3 is 5.32 Å². The molecule has 0 amide bonds. The van der Waals surface area contributed by atoms with Gasteiger partial charge in [-0.05, 0) is 24.9 Å². The summed E-state index contributed by atoms with van der Waals surface area (Å²) in [4.78, 5) is 0. The SMILES string of the molecule is CCS(=O)(=O)C[C@@H]1CNC[C@H]1C.Cl. The van der Waals surface area contributed by atoms with Crippen LogP contribution >= 0.6 is 12.4 Å². The number of halogens is 1. The Labute approximate surface area is 86.6 Å². The van der Waals surface area contributed by atoms with Crippen LogP contribution < -0.4 is 5.32 Å². The minimum atomic E-state index is -2.78. The monoisotopic (exact) mass is 227 g/mol. The Morgan fingerprint density at radius 3 is 2.38 bits per heavy atom. The Morgan fingerprint density at radius 1 is 1.38 bits per heavy atom. The van der Waals surface area contributed by atoms with Gasteiger partial charge in [-0.2, -0.15) is 0 Å². The lowest BCUT2D eigenvalue weighted by molar-refractivity contribution is 0.486. The number of hydrogen-bond donors (Lipinski definition) is 1. The van der Waals surface area contributed by atoms with E-state index < -0.39 is 9.84 Å². The molecule has 1 heterocycles. The zero-order valence-corrected chi connectivity index (χ0v) is 9.75. The molecule has 2 atom stereocenters. The molecule has 0 aromatic carbocycles. The standard InChI is InChI=1S/C8H17NO2S.ClH/c1-3-12(10,11)6-8-5-9-4-7(8)2;/h7-9H,3-6H2,1-2H3;1H/t7-,8+;/m1./s1. The van der Waals surface area contributed by atoms with Crippen molar-refractivity contribution in [2.24, 2.45) is 11.8 Å². The van der Waals surface area contributed by atoms with E-state index in [0.717, 1.165) is 13.1 Å². The first-order valence-corrected chi connectivity index (χ1v) is 6.28. The van der Waals surface area contributed by atoms with Crippen LogP contribution in [0.5, 0.6) is 0 Å². The van der Waals surface area contributed by atoms with Gasteiger partial charge in [0.05, 0.1) is 5.75 Å². The van der Waals surface area contributed by atoms with Gasteiger partial charge in [0, 0.05) is 5.75 Å². The third kappa shape index (κ3) is 3.83. The van der Waals surface area contributed by atoms with Gasteiger partial charge in [-0.15, -0.1) is 12.4 Å². The van der Waals surface area contributed by atoms with Crippen molar-refractivity contribution in [1.29, 1.82) is 0 Å². The van der Waals surface area contributed by atoms with Crippen molar-refractivity contribution >= 4 is 22.2 Å². The molecule has 1 N–H and O–H groups in total. The summed E-state index contributed by atoms with van der Waals surface area (Å²) in [6, 6.07) is 0. The summed E-state index contributed by atoms with van der Waals surface area (Å²) in [5.41, 5.74) is 0. The first kappa shape index (κ1) is 13.2. The zero-order valence-electron chi connectivity index (χ0n) is 8.12. The Kier molecular flexibility index (Phi) is 5.25. The van der Waals surface area contributed by atoms with Crippen LogP contribution in [0.2, 0.25) is 0 Å². The molecular weight excluding hydrogens is 210 g/mol. The minimum absolute atomic E-state index is 0. The highest BCUT2D eigenvalue weighted by Crippen LogP contribution is 2.17. The van der Waals surface area contributed by atoms with Crippen molar-refractivity contribution in [3.05, 3.63) is 0 Å². The predicted octanol–water partition coefficient (Wildman–Crippen LogP) is 0.698. The van der Waals surface area contributed by atoms with Crippen LogP contribution in [0.25, 0.3) is 0 Å². The topological polar surface area (TPSA) is 46.2 Å². The number of sulfone groups is 1. The fourth-order valence-electron chi connectivity index (χ4n) is 1.53. The lowest BCUT2D eigenvalue weighted by Gasteiger charge is -2.12. The summed E-state index contributed by atoms with van der Waals surface area (Å²) in [5.74, 6) is 1.47. The summed E-state index contributed by atoms with van der Waals surface area (Å²) in [7, 11) is -2.78. The first-order chi connectivity index (χ1) is 5.55. The van der Waals surface area contributed by atoms with Crippen LogP contribution in [-0.4, -0.2) is 33.0 Å². The molecule has 3 nitrogen and oxygen atoms in total. The third-order valence-corrected chi connectivity index (χ3v) is 4.40. The maximum atomic E-state index is 11.3. The summed E-state index contributed by atoms with van der Waals surface area (Å²) in [5, 5.41) is 3.20. The minimum Gasteiger partial charge on any atom is -0.316 e. The maximum absolute atomic E-state index is 11.3. The molecule has 0 saturated carbocycles. The molecule has 0 spiro atoms. The fourth-order valence-corrected chi connectivity index (χ4v) is 2.87. The average molecular weight is 228 g/mol. The Hall–Kier alpha value is 0.200. The molecule has 1 aliphatic rings. The molecule has 80 valence electrons. The molecule has 5 heteroatoms. The maximum Gasteiger partial charge on any atom is 0.150 e. The van der Waals surface area contributed by atoms with Gasteiger partial charge >= 0.3 is 0 Å². The van der Waals surface area contributed by atoms with E-state index in [9.17, 15) is 8.42 Å². The van der Waals surface area contributed by atoms with E-state index in [1.807, 2.05) is 0 Å². The van der Waals surface area contributed by atoms with Gasteiger partial charge in [-0.1, -0.05) is 13.8 Å². The van der Waals surface area contributed by atoms with Crippen LogP contribution in [0.1, 0.15) is 13.8 Å². The molecule has 13 heavy (non-hydrogen) atoms. The summed E-state index contributed by atoms with van der Waals surface area (Å²) >= 11 is 0. The van der Waals surface area contributed by atoms with E-state index in [2.05, 4.69) is 12.2 Å². The van der Waals surface area contributed by atoms with E-state index in [4.69, 9.17) is 0 Å². The van der Waals surface area contributed by atoms with Gasteiger partial charge in [-0.25, -0.2) is 8.42 Å². The first-order valence-electron chi connectivity index (χ1n) is 4.46. The highest BCUT2D eigenvalue weighted by Gasteiger charge is 2.27. The molecule has 1 rings (SSSR count). The average Bonchev–Trinajstić information content (AvgIpc) is 2.36. The second-order valence-corrected chi connectivity index (χ2v) is 5.99. The smallest absolute Gasteiger partial charge is 0.150 e. The molecule has 1 fully saturated rings. The van der Waals surface area contributed by atoms with Crippen LogP contribution in [0, 0.1) is 11.8 Å². The molecule has 1 saturated heterocycles. The molecule has 0 unspecified atom stereocenters. The molecule has 0 aliphatic carbocycles. The van der Waals surface area contributed by atoms with E-state index >= 15 is 0 Å². The second kappa shape index (κ2) is 5.17. The largest absolute Gasteiger partial charge is 0.316 e. The van der Waals surface area contributed by atoms with Crippen molar-refractivity contribution in [3.8, 4) is 0 Å². The number of rotatable bonds is 3. The molecule has 0 bridgehead atoms. The quantitative estimate of drug-likeness (QED) is 0.772. The summed E-state index contributed by atoms with van der Waals surface area (Å²) in [6.45, 7) is 5.64. The van der Waals surface area contributed by atoms with Gasteiger partial charge in [-0.3, -0.25) is 0 Å². The number of hydrogen-bond acceptors (Lipinski definition) is 3. The normalized spacial score (nSPS) is 28.5. The molecule has 0 aromatic heterocycles. The Bertz CT molecular complexity index is 241. The molecular formula is C8H18ClNO2S.